The molecule has 6 nitrogen and oxygen atoms in total. The molecule has 0 bridgehead atoms. The molecule has 2 unspecified atom stereocenters. The summed E-state index contributed by atoms with van der Waals surface area (Å²) in [6.07, 6.45) is 4.28. The SMILES string of the molecule is CC1CCCC(N)(c2nc(N3CCN(C)CC3)no2)C1. The maximum absolute atomic E-state index is 6.51. The molecule has 2 heterocycles. The summed E-state index contributed by atoms with van der Waals surface area (Å²) in [6.45, 7) is 6.22. The molecule has 0 aromatic carbocycles. The first-order valence-electron chi connectivity index (χ1n) is 7.63. The average molecular weight is 279 g/mol. The largest absolute Gasteiger partial charge is 0.336 e. The summed E-state index contributed by atoms with van der Waals surface area (Å²) in [6, 6.07) is 0. The van der Waals surface area contributed by atoms with Crippen LogP contribution < -0.4 is 10.6 Å². The van der Waals surface area contributed by atoms with Crippen molar-refractivity contribution in [1.29, 1.82) is 0 Å². The highest BCUT2D eigenvalue weighted by Crippen LogP contribution is 2.37. The van der Waals surface area contributed by atoms with E-state index in [0.29, 0.717) is 17.8 Å². The van der Waals surface area contributed by atoms with E-state index in [9.17, 15) is 0 Å². The van der Waals surface area contributed by atoms with E-state index in [1.807, 2.05) is 0 Å². The Morgan fingerprint density at radius 2 is 2.05 bits per heavy atom. The van der Waals surface area contributed by atoms with Gasteiger partial charge in [-0.2, -0.15) is 4.98 Å². The van der Waals surface area contributed by atoms with E-state index in [-0.39, 0.29) is 0 Å². The molecule has 1 aliphatic carbocycles. The van der Waals surface area contributed by atoms with Crippen LogP contribution in [0.3, 0.4) is 0 Å². The third kappa shape index (κ3) is 2.67. The molecule has 2 aliphatic rings. The predicted molar refractivity (Wildman–Crippen MR) is 77.5 cm³/mol. The Bertz CT molecular complexity index is 454. The van der Waals surface area contributed by atoms with Gasteiger partial charge in [0.2, 0.25) is 5.89 Å². The molecule has 6 heteroatoms. The third-order valence-corrected chi connectivity index (χ3v) is 4.66. The summed E-state index contributed by atoms with van der Waals surface area (Å²) in [5.41, 5.74) is 6.09. The number of aromatic nitrogens is 2. The van der Waals surface area contributed by atoms with Gasteiger partial charge in [-0.15, -0.1) is 0 Å². The topological polar surface area (TPSA) is 71.4 Å². The number of nitrogens with zero attached hydrogens (tertiary/aromatic N) is 4. The van der Waals surface area contributed by atoms with Crippen molar-refractivity contribution in [2.75, 3.05) is 38.1 Å². The van der Waals surface area contributed by atoms with Gasteiger partial charge < -0.3 is 20.1 Å². The zero-order valence-corrected chi connectivity index (χ0v) is 12.5. The molecule has 1 saturated carbocycles. The van der Waals surface area contributed by atoms with Crippen molar-refractivity contribution in [3.8, 4) is 0 Å². The molecule has 2 fully saturated rings. The molecule has 3 rings (SSSR count). The highest BCUT2D eigenvalue weighted by Gasteiger charge is 2.38. The normalized spacial score (nSPS) is 32.5. The maximum Gasteiger partial charge on any atom is 0.266 e. The minimum absolute atomic E-state index is 0.421. The number of nitrogens with two attached hydrogens (primary N) is 1. The van der Waals surface area contributed by atoms with E-state index in [1.165, 1.54) is 6.42 Å². The molecule has 0 spiro atoms. The monoisotopic (exact) mass is 279 g/mol. The fourth-order valence-corrected chi connectivity index (χ4v) is 3.34. The van der Waals surface area contributed by atoms with Crippen LogP contribution in [0.5, 0.6) is 0 Å². The zero-order valence-electron chi connectivity index (χ0n) is 12.5. The van der Waals surface area contributed by atoms with E-state index >= 15 is 0 Å². The van der Waals surface area contributed by atoms with Gasteiger partial charge in [-0.25, -0.2) is 0 Å². The van der Waals surface area contributed by atoms with Crippen molar-refractivity contribution in [1.82, 2.24) is 15.0 Å². The van der Waals surface area contributed by atoms with E-state index in [1.54, 1.807) is 0 Å². The second-order valence-corrected chi connectivity index (χ2v) is 6.55. The van der Waals surface area contributed by atoms with Crippen LogP contribution in [0.4, 0.5) is 5.95 Å². The molecule has 1 saturated heterocycles. The van der Waals surface area contributed by atoms with Crippen molar-refractivity contribution < 1.29 is 4.52 Å². The molecule has 2 N–H and O–H groups in total. The predicted octanol–water partition coefficient (Wildman–Crippen LogP) is 1.19. The van der Waals surface area contributed by atoms with Crippen molar-refractivity contribution in [2.45, 2.75) is 38.1 Å². The van der Waals surface area contributed by atoms with Crippen molar-refractivity contribution in [2.24, 2.45) is 11.7 Å². The summed E-state index contributed by atoms with van der Waals surface area (Å²) < 4.78 is 5.49. The quantitative estimate of drug-likeness (QED) is 0.876. The highest BCUT2D eigenvalue weighted by atomic mass is 16.5. The Morgan fingerprint density at radius 1 is 1.30 bits per heavy atom. The molecule has 20 heavy (non-hydrogen) atoms. The fraction of sp³-hybridized carbons (Fsp3) is 0.857. The Kier molecular flexibility index (Phi) is 3.69. The first-order valence-corrected chi connectivity index (χ1v) is 7.63. The Morgan fingerprint density at radius 3 is 2.75 bits per heavy atom. The number of anilines is 1. The standard InChI is InChI=1S/C14H25N5O/c1-11-4-3-5-14(15,10-11)12-16-13(17-20-12)19-8-6-18(2)7-9-19/h11H,3-10,15H2,1-2H3. The summed E-state index contributed by atoms with van der Waals surface area (Å²) in [5.74, 6) is 1.96. The van der Waals surface area contributed by atoms with Gasteiger partial charge >= 0.3 is 0 Å². The minimum Gasteiger partial charge on any atom is -0.336 e. The molecule has 0 radical (unpaired) electrons. The van der Waals surface area contributed by atoms with Crippen LogP contribution >= 0.6 is 0 Å². The average Bonchev–Trinajstić information content (AvgIpc) is 2.90. The van der Waals surface area contributed by atoms with Gasteiger partial charge in [0.15, 0.2) is 0 Å². The Hall–Kier alpha value is -1.14. The second kappa shape index (κ2) is 5.33. The highest BCUT2D eigenvalue weighted by molar-refractivity contribution is 5.29. The minimum atomic E-state index is -0.421. The Balaban J connectivity index is 1.73. The molecule has 112 valence electrons. The second-order valence-electron chi connectivity index (χ2n) is 6.55. The lowest BCUT2D eigenvalue weighted by Gasteiger charge is -2.33. The summed E-state index contributed by atoms with van der Waals surface area (Å²) in [7, 11) is 2.14. The van der Waals surface area contributed by atoms with Crippen LogP contribution in [0.25, 0.3) is 0 Å². The molecule has 1 aliphatic heterocycles. The van der Waals surface area contributed by atoms with E-state index in [4.69, 9.17) is 10.3 Å². The first-order chi connectivity index (χ1) is 9.57. The van der Waals surface area contributed by atoms with Gasteiger partial charge in [-0.3, -0.25) is 0 Å². The molecular formula is C14H25N5O. The molecule has 1 aromatic heterocycles. The third-order valence-electron chi connectivity index (χ3n) is 4.66. The number of piperazine rings is 1. The lowest BCUT2D eigenvalue weighted by molar-refractivity contribution is 0.183. The number of rotatable bonds is 2. The van der Waals surface area contributed by atoms with Crippen LogP contribution in [0, 0.1) is 5.92 Å². The van der Waals surface area contributed by atoms with Gasteiger partial charge in [0.25, 0.3) is 5.95 Å². The van der Waals surface area contributed by atoms with Crippen molar-refractivity contribution in [3.05, 3.63) is 5.89 Å². The lowest BCUT2D eigenvalue weighted by atomic mass is 9.77. The van der Waals surface area contributed by atoms with Crippen molar-refractivity contribution in [3.63, 3.8) is 0 Å². The summed E-state index contributed by atoms with van der Waals surface area (Å²) in [4.78, 5) is 9.09. The smallest absolute Gasteiger partial charge is 0.266 e. The van der Waals surface area contributed by atoms with Crippen LogP contribution in [-0.2, 0) is 5.54 Å². The van der Waals surface area contributed by atoms with E-state index in [0.717, 1.165) is 45.4 Å². The number of likely N-dealkylation sites (N-methyl/N-ethyl adjacent to an activating group) is 1. The van der Waals surface area contributed by atoms with Crippen LogP contribution in [0.2, 0.25) is 0 Å². The van der Waals surface area contributed by atoms with E-state index < -0.39 is 5.54 Å². The summed E-state index contributed by atoms with van der Waals surface area (Å²) in [5, 5.41) is 4.15. The summed E-state index contributed by atoms with van der Waals surface area (Å²) >= 11 is 0. The van der Waals surface area contributed by atoms with Gasteiger partial charge in [-0.1, -0.05) is 19.8 Å². The van der Waals surface area contributed by atoms with Crippen LogP contribution in [0.1, 0.15) is 38.5 Å². The first kappa shape index (κ1) is 13.8. The molecule has 2 atom stereocenters. The molecule has 0 amide bonds. The van der Waals surface area contributed by atoms with Gasteiger partial charge in [0, 0.05) is 26.2 Å². The maximum atomic E-state index is 6.51. The fourth-order valence-electron chi connectivity index (χ4n) is 3.34. The molecular weight excluding hydrogens is 254 g/mol. The van der Waals surface area contributed by atoms with Gasteiger partial charge in [0.1, 0.15) is 0 Å². The van der Waals surface area contributed by atoms with Crippen molar-refractivity contribution >= 4 is 5.95 Å². The Labute approximate surface area is 120 Å². The van der Waals surface area contributed by atoms with Crippen LogP contribution in [-0.4, -0.2) is 48.3 Å². The molecule has 1 aromatic rings. The lowest BCUT2D eigenvalue weighted by Crippen LogP contribution is -2.45. The van der Waals surface area contributed by atoms with Crippen LogP contribution in [0.15, 0.2) is 4.52 Å². The van der Waals surface area contributed by atoms with Gasteiger partial charge in [-0.05, 0) is 31.0 Å². The van der Waals surface area contributed by atoms with E-state index in [2.05, 4.69) is 33.9 Å². The number of hydrogen-bond donors (Lipinski definition) is 1. The zero-order chi connectivity index (χ0) is 14.2. The van der Waals surface area contributed by atoms with Gasteiger partial charge in [0.05, 0.1) is 5.54 Å². The number of hydrogen-bond acceptors (Lipinski definition) is 6.